The molecule has 11 heteroatoms. The molecule has 2 heterocycles. The van der Waals surface area contributed by atoms with Crippen molar-refractivity contribution >= 4 is 41.1 Å². The molecule has 1 saturated carbocycles. The highest BCUT2D eigenvalue weighted by Gasteiger charge is 2.52. The summed E-state index contributed by atoms with van der Waals surface area (Å²) >= 11 is 6.18. The van der Waals surface area contributed by atoms with Crippen molar-refractivity contribution in [2.75, 3.05) is 31.1 Å². The van der Waals surface area contributed by atoms with Gasteiger partial charge in [0.2, 0.25) is 5.91 Å². The van der Waals surface area contributed by atoms with Crippen LogP contribution in [-0.2, 0) is 14.3 Å². The monoisotopic (exact) mass is 590 g/mol. The predicted molar refractivity (Wildman–Crippen MR) is 156 cm³/mol. The maximum Gasteiger partial charge on any atom is 0.411 e. The zero-order valence-electron chi connectivity index (χ0n) is 24.8. The third kappa shape index (κ3) is 6.58. The fourth-order valence-corrected chi connectivity index (χ4v) is 5.73. The van der Waals surface area contributed by atoms with Crippen molar-refractivity contribution in [3.63, 3.8) is 0 Å². The van der Waals surface area contributed by atoms with Gasteiger partial charge in [-0.2, -0.15) is 0 Å². The molecule has 3 aliphatic rings. The zero-order chi connectivity index (χ0) is 29.9. The van der Waals surface area contributed by atoms with Crippen LogP contribution in [0.2, 0.25) is 0 Å². The molecular formula is C30H43ClN4O6. The Morgan fingerprint density at radius 2 is 1.93 bits per heavy atom. The molecule has 2 aliphatic heterocycles. The highest BCUT2D eigenvalue weighted by Crippen LogP contribution is 2.46. The summed E-state index contributed by atoms with van der Waals surface area (Å²) in [6, 6.07) is 4.89. The molecule has 1 unspecified atom stereocenters. The van der Waals surface area contributed by atoms with Gasteiger partial charge in [0.05, 0.1) is 11.7 Å². The molecule has 0 radical (unpaired) electrons. The molecule has 1 aromatic carbocycles. The molecule has 0 aromatic heterocycles. The van der Waals surface area contributed by atoms with Gasteiger partial charge >= 0.3 is 6.09 Å². The molecule has 0 bridgehead atoms. The number of piperidine rings is 1. The third-order valence-corrected chi connectivity index (χ3v) is 8.75. The number of rotatable bonds is 9. The molecule has 1 spiro atoms. The van der Waals surface area contributed by atoms with E-state index in [1.807, 2.05) is 32.6 Å². The molecule has 1 aliphatic carbocycles. The van der Waals surface area contributed by atoms with Gasteiger partial charge in [0.25, 0.3) is 11.8 Å². The van der Waals surface area contributed by atoms with Gasteiger partial charge in [-0.05, 0) is 64.2 Å². The fourth-order valence-electron chi connectivity index (χ4n) is 5.65. The van der Waals surface area contributed by atoms with Gasteiger partial charge in [0.1, 0.15) is 5.75 Å². The topological polar surface area (TPSA) is 108 Å². The first-order chi connectivity index (χ1) is 19.5. The van der Waals surface area contributed by atoms with Gasteiger partial charge in [-0.1, -0.05) is 32.4 Å². The second kappa shape index (κ2) is 12.9. The summed E-state index contributed by atoms with van der Waals surface area (Å²) in [5.41, 5.74) is -0.622. The molecule has 2 atom stereocenters. The summed E-state index contributed by atoms with van der Waals surface area (Å²) < 4.78 is 11.6. The zero-order valence-corrected chi connectivity index (χ0v) is 25.5. The largest absolute Gasteiger partial charge is 0.475 e. The number of amides is 4. The van der Waals surface area contributed by atoms with Crippen molar-refractivity contribution in [3.8, 4) is 5.75 Å². The number of carbonyl (C=O) groups is 4. The quantitative estimate of drug-likeness (QED) is 0.423. The van der Waals surface area contributed by atoms with Gasteiger partial charge in [0, 0.05) is 50.1 Å². The SMILES string of the molecule is CCC(=O)NCCN1C(=O)C2(CCC2)Oc2ccc(C(=O)N(C(C)C)[C@@H]3CCCN(C(=O)OC(Cl)C(C)C)C3)cc21. The fraction of sp³-hybridized carbons (Fsp3) is 0.667. The maximum absolute atomic E-state index is 14.0. The molecule has 1 N–H and O–H groups in total. The van der Waals surface area contributed by atoms with Crippen LogP contribution >= 0.6 is 11.6 Å². The van der Waals surface area contributed by atoms with Crippen molar-refractivity contribution in [2.24, 2.45) is 5.92 Å². The first-order valence-corrected chi connectivity index (χ1v) is 15.2. The first kappa shape index (κ1) is 30.9. The van der Waals surface area contributed by atoms with Crippen LogP contribution < -0.4 is 15.0 Å². The van der Waals surface area contributed by atoms with Crippen LogP contribution in [0.15, 0.2) is 18.2 Å². The smallest absolute Gasteiger partial charge is 0.411 e. The van der Waals surface area contributed by atoms with Crippen LogP contribution in [0.4, 0.5) is 10.5 Å². The number of halogens is 1. The van der Waals surface area contributed by atoms with E-state index in [1.165, 1.54) is 0 Å². The molecule has 2 fully saturated rings. The Morgan fingerprint density at radius 1 is 1.20 bits per heavy atom. The summed E-state index contributed by atoms with van der Waals surface area (Å²) in [4.78, 5) is 57.3. The summed E-state index contributed by atoms with van der Waals surface area (Å²) in [5, 5.41) is 2.84. The molecule has 1 aromatic rings. The van der Waals surface area contributed by atoms with Crippen molar-refractivity contribution in [3.05, 3.63) is 23.8 Å². The lowest BCUT2D eigenvalue weighted by Gasteiger charge is -2.47. The van der Waals surface area contributed by atoms with Crippen LogP contribution in [-0.4, -0.2) is 83.0 Å². The van der Waals surface area contributed by atoms with E-state index in [0.29, 0.717) is 55.9 Å². The van der Waals surface area contributed by atoms with Crippen molar-refractivity contribution < 1.29 is 28.7 Å². The maximum atomic E-state index is 14.0. The second-order valence-corrected chi connectivity index (χ2v) is 12.3. The average Bonchev–Trinajstić information content (AvgIpc) is 2.92. The van der Waals surface area contributed by atoms with E-state index < -0.39 is 17.3 Å². The van der Waals surface area contributed by atoms with E-state index in [-0.39, 0.29) is 42.3 Å². The second-order valence-electron chi connectivity index (χ2n) is 11.8. The van der Waals surface area contributed by atoms with E-state index in [0.717, 1.165) is 19.3 Å². The predicted octanol–water partition coefficient (Wildman–Crippen LogP) is 4.53. The number of anilines is 1. The minimum atomic E-state index is -0.866. The summed E-state index contributed by atoms with van der Waals surface area (Å²) in [5.74, 6) is 0.142. The van der Waals surface area contributed by atoms with Crippen LogP contribution in [0.25, 0.3) is 0 Å². The number of likely N-dealkylation sites (tertiary alicyclic amines) is 1. The van der Waals surface area contributed by atoms with Crippen molar-refractivity contribution in [1.29, 1.82) is 0 Å². The average molecular weight is 591 g/mol. The lowest BCUT2D eigenvalue weighted by atomic mass is 9.77. The lowest BCUT2D eigenvalue weighted by Crippen LogP contribution is -2.61. The van der Waals surface area contributed by atoms with E-state index in [4.69, 9.17) is 21.1 Å². The Hall–Kier alpha value is -3.01. The molecule has 4 rings (SSSR count). The molecule has 41 heavy (non-hydrogen) atoms. The van der Waals surface area contributed by atoms with Gasteiger partial charge in [-0.15, -0.1) is 0 Å². The van der Waals surface area contributed by atoms with Gasteiger partial charge < -0.3 is 29.5 Å². The number of nitrogens with one attached hydrogen (secondary N) is 1. The van der Waals surface area contributed by atoms with Gasteiger partial charge in [-0.3, -0.25) is 14.4 Å². The first-order valence-electron chi connectivity index (χ1n) is 14.8. The normalized spacial score (nSPS) is 20.3. The number of benzene rings is 1. The standard InChI is InChI=1S/C30H43ClN4O6/c1-6-25(36)32-14-16-34-23-17-21(10-11-24(23)41-30(28(34)38)12-8-13-30)27(37)35(20(4)5)22-9-7-15-33(18-22)29(39)40-26(31)19(2)3/h10-11,17,19-20,22,26H,6-9,12-16,18H2,1-5H3,(H,32,36)/t22-,26?/m1/s1. The Balaban J connectivity index is 1.56. The van der Waals surface area contributed by atoms with Crippen LogP contribution in [0.5, 0.6) is 5.75 Å². The third-order valence-electron chi connectivity index (χ3n) is 8.15. The minimum Gasteiger partial charge on any atom is -0.475 e. The Labute approximate surface area is 247 Å². The van der Waals surface area contributed by atoms with Crippen LogP contribution in [0.1, 0.15) is 83.5 Å². The number of nitrogens with zero attached hydrogens (tertiary/aromatic N) is 3. The molecule has 4 amide bonds. The highest BCUT2D eigenvalue weighted by atomic mass is 35.5. The van der Waals surface area contributed by atoms with Gasteiger partial charge in [0.15, 0.2) is 11.2 Å². The van der Waals surface area contributed by atoms with E-state index in [2.05, 4.69) is 5.32 Å². The number of fused-ring (bicyclic) bond motifs is 1. The highest BCUT2D eigenvalue weighted by molar-refractivity contribution is 6.20. The Kier molecular flexibility index (Phi) is 9.72. The minimum absolute atomic E-state index is 0.0172. The number of alkyl halides is 1. The van der Waals surface area contributed by atoms with Crippen LogP contribution in [0.3, 0.4) is 0 Å². The molecular weight excluding hydrogens is 548 g/mol. The van der Waals surface area contributed by atoms with Crippen LogP contribution in [0, 0.1) is 5.92 Å². The summed E-state index contributed by atoms with van der Waals surface area (Å²) in [6.45, 7) is 10.9. The van der Waals surface area contributed by atoms with E-state index in [1.54, 1.807) is 34.9 Å². The lowest BCUT2D eigenvalue weighted by molar-refractivity contribution is -0.143. The number of hydrogen-bond acceptors (Lipinski definition) is 6. The van der Waals surface area contributed by atoms with E-state index in [9.17, 15) is 19.2 Å². The number of ether oxygens (including phenoxy) is 2. The van der Waals surface area contributed by atoms with Crippen molar-refractivity contribution in [1.82, 2.24) is 15.1 Å². The summed E-state index contributed by atoms with van der Waals surface area (Å²) in [6.07, 6.45) is 3.58. The van der Waals surface area contributed by atoms with Gasteiger partial charge in [-0.25, -0.2) is 4.79 Å². The van der Waals surface area contributed by atoms with Crippen molar-refractivity contribution in [2.45, 2.75) is 96.4 Å². The Bertz CT molecular complexity index is 1150. The number of hydrogen-bond donors (Lipinski definition) is 1. The Morgan fingerprint density at radius 3 is 2.54 bits per heavy atom. The molecule has 1 saturated heterocycles. The number of carbonyl (C=O) groups excluding carboxylic acids is 4. The van der Waals surface area contributed by atoms with E-state index >= 15 is 0 Å². The molecule has 226 valence electrons. The summed E-state index contributed by atoms with van der Waals surface area (Å²) in [7, 11) is 0. The molecule has 10 nitrogen and oxygen atoms in total.